The summed E-state index contributed by atoms with van der Waals surface area (Å²) in [6.07, 6.45) is 0.294. The number of ether oxygens (including phenoxy) is 4. The topological polar surface area (TPSA) is 85.7 Å². The Morgan fingerprint density at radius 3 is 2.26 bits per heavy atom. The van der Waals surface area contributed by atoms with Crippen molar-refractivity contribution in [3.05, 3.63) is 94.9 Å². The Hall–Kier alpha value is -2.32. The molecule has 0 N–H and O–H groups in total. The summed E-state index contributed by atoms with van der Waals surface area (Å²) in [7, 11) is 0. The molecule has 0 spiro atoms. The van der Waals surface area contributed by atoms with Crippen LogP contribution < -0.4 is 0 Å². The van der Waals surface area contributed by atoms with Crippen molar-refractivity contribution >= 4 is 11.8 Å². The molecule has 182 valence electrons. The molecule has 34 heavy (non-hydrogen) atoms. The molecule has 1 fully saturated rings. The number of hydrogen-bond donors (Lipinski definition) is 0. The second-order valence-electron chi connectivity index (χ2n) is 8.27. The van der Waals surface area contributed by atoms with E-state index in [9.17, 15) is 5.53 Å². The zero-order valence-electron chi connectivity index (χ0n) is 19.7. The van der Waals surface area contributed by atoms with Gasteiger partial charge in [-0.05, 0) is 16.7 Å². The molecule has 8 heteroatoms. The number of nitrogens with zero attached hydrogens (tertiary/aromatic N) is 3. The Balaban J connectivity index is 1.82. The predicted molar refractivity (Wildman–Crippen MR) is 135 cm³/mol. The first-order valence-corrected chi connectivity index (χ1v) is 12.4. The third-order valence-corrected chi connectivity index (χ3v) is 6.49. The van der Waals surface area contributed by atoms with E-state index in [0.29, 0.717) is 26.4 Å². The van der Waals surface area contributed by atoms with Gasteiger partial charge in [0, 0.05) is 10.2 Å². The van der Waals surface area contributed by atoms with Crippen LogP contribution in [0.3, 0.4) is 0 Å². The fourth-order valence-corrected chi connectivity index (χ4v) is 4.91. The molecule has 0 saturated carbocycles. The Morgan fingerprint density at radius 1 is 1.03 bits per heavy atom. The van der Waals surface area contributed by atoms with Gasteiger partial charge < -0.3 is 18.9 Å². The maximum Gasteiger partial charge on any atom is 0.115 e. The van der Waals surface area contributed by atoms with Crippen LogP contribution in [0.15, 0.2) is 78.4 Å². The van der Waals surface area contributed by atoms with Gasteiger partial charge in [-0.25, -0.2) is 0 Å². The molecule has 2 aromatic carbocycles. The molecule has 5 atom stereocenters. The van der Waals surface area contributed by atoms with Gasteiger partial charge in [-0.3, -0.25) is 0 Å². The highest BCUT2D eigenvalue weighted by atomic mass is 32.2. The Morgan fingerprint density at radius 2 is 1.68 bits per heavy atom. The van der Waals surface area contributed by atoms with Crippen LogP contribution in [-0.4, -0.2) is 48.3 Å². The van der Waals surface area contributed by atoms with Crippen LogP contribution in [0.25, 0.3) is 10.4 Å². The van der Waals surface area contributed by atoms with E-state index < -0.39 is 24.4 Å². The van der Waals surface area contributed by atoms with Crippen molar-refractivity contribution in [3.8, 4) is 0 Å². The molecule has 7 nitrogen and oxygen atoms in total. The molecular formula is C26H33N3O4S. The molecule has 1 heterocycles. The highest BCUT2D eigenvalue weighted by molar-refractivity contribution is 8.00. The Kier molecular flexibility index (Phi) is 11.0. The maximum absolute atomic E-state index is 9.33. The summed E-state index contributed by atoms with van der Waals surface area (Å²) in [6.45, 7) is 9.42. The minimum atomic E-state index is -0.554. The van der Waals surface area contributed by atoms with E-state index >= 15 is 0 Å². The fraction of sp³-hybridized carbons (Fsp3) is 0.462. The van der Waals surface area contributed by atoms with Gasteiger partial charge in [-0.2, -0.15) is 0 Å². The molecule has 2 aromatic rings. The molecule has 0 bridgehead atoms. The molecule has 1 saturated heterocycles. The summed E-state index contributed by atoms with van der Waals surface area (Å²) < 4.78 is 25.0. The average Bonchev–Trinajstić information content (AvgIpc) is 2.84. The Bertz CT molecular complexity index is 909. The van der Waals surface area contributed by atoms with Crippen molar-refractivity contribution < 1.29 is 18.9 Å². The molecule has 3 rings (SSSR count). The molecule has 0 aliphatic carbocycles. The summed E-state index contributed by atoms with van der Waals surface area (Å²) in [5.74, 6) is 0. The molecule has 0 amide bonds. The van der Waals surface area contributed by atoms with Gasteiger partial charge in [-0.1, -0.05) is 85.7 Å². The summed E-state index contributed by atoms with van der Waals surface area (Å²) in [4.78, 5) is 3.11. The van der Waals surface area contributed by atoms with Crippen LogP contribution >= 0.6 is 11.8 Å². The third kappa shape index (κ3) is 7.87. The van der Waals surface area contributed by atoms with Gasteiger partial charge in [0.1, 0.15) is 23.7 Å². The van der Waals surface area contributed by atoms with Crippen molar-refractivity contribution in [3.63, 3.8) is 0 Å². The van der Waals surface area contributed by atoms with E-state index in [-0.39, 0.29) is 10.7 Å². The number of azide groups is 1. The second kappa shape index (κ2) is 14.2. The highest BCUT2D eigenvalue weighted by Crippen LogP contribution is 2.36. The van der Waals surface area contributed by atoms with Crippen molar-refractivity contribution in [1.82, 2.24) is 0 Å². The van der Waals surface area contributed by atoms with Crippen LogP contribution in [0.5, 0.6) is 0 Å². The first-order chi connectivity index (χ1) is 16.6. The molecule has 0 unspecified atom stereocenters. The van der Waals surface area contributed by atoms with E-state index in [1.807, 2.05) is 60.7 Å². The molecule has 1 aliphatic heterocycles. The monoisotopic (exact) mass is 483 g/mol. The number of thioether (sulfide) groups is 1. The van der Waals surface area contributed by atoms with Crippen molar-refractivity contribution in [2.75, 3.05) is 13.2 Å². The molecule has 0 aromatic heterocycles. The lowest BCUT2D eigenvalue weighted by molar-refractivity contribution is -0.204. The van der Waals surface area contributed by atoms with Crippen molar-refractivity contribution in [2.45, 2.75) is 62.1 Å². The van der Waals surface area contributed by atoms with Gasteiger partial charge in [0.2, 0.25) is 0 Å². The first-order valence-electron chi connectivity index (χ1n) is 11.5. The van der Waals surface area contributed by atoms with E-state index in [1.54, 1.807) is 17.8 Å². The highest BCUT2D eigenvalue weighted by Gasteiger charge is 2.47. The zero-order valence-corrected chi connectivity index (χ0v) is 20.5. The third-order valence-electron chi connectivity index (χ3n) is 5.29. The number of hydrogen-bond acceptors (Lipinski definition) is 6. The normalized spacial score (nSPS) is 24.5. The Labute approximate surface area is 206 Å². The summed E-state index contributed by atoms with van der Waals surface area (Å²) in [5.41, 5.74) is 11.1. The van der Waals surface area contributed by atoms with Gasteiger partial charge in [0.25, 0.3) is 0 Å². The summed E-state index contributed by atoms with van der Waals surface area (Å²) in [5, 5.41) is 4.37. The lowest BCUT2D eigenvalue weighted by Gasteiger charge is -2.45. The molecule has 0 radical (unpaired) electrons. The van der Waals surface area contributed by atoms with E-state index in [1.165, 1.54) is 0 Å². The largest absolute Gasteiger partial charge is 0.374 e. The first kappa shape index (κ1) is 26.3. The summed E-state index contributed by atoms with van der Waals surface area (Å²) >= 11 is 1.61. The maximum atomic E-state index is 9.33. The minimum absolute atomic E-state index is 0.271. The lowest BCUT2D eigenvalue weighted by atomic mass is 9.98. The number of benzene rings is 2. The number of rotatable bonds is 13. The standard InChI is InChI=1S/C26H33N3O4S/c1-4-15-31-24-22(18-30-16-20-11-7-5-8-12-20)33-26(34-19(2)3)23(28-29-27)25(24)32-17-21-13-9-6-10-14-21/h4-14,19,22-26H,1,15-18H2,2-3H3/t22-,23-,24-,25-,26+/m1/s1. The zero-order chi connectivity index (χ0) is 24.2. The SMILES string of the molecule is C=CCO[C@H]1[C@H](OCc2ccccc2)[C@@H](N=[N+]=[N-])[C@H](SC(C)C)O[C@@H]1COCc1ccccc1. The van der Waals surface area contributed by atoms with E-state index in [4.69, 9.17) is 18.9 Å². The summed E-state index contributed by atoms with van der Waals surface area (Å²) in [6, 6.07) is 19.3. The van der Waals surface area contributed by atoms with Crippen LogP contribution in [0.2, 0.25) is 0 Å². The average molecular weight is 484 g/mol. The smallest absolute Gasteiger partial charge is 0.115 e. The van der Waals surface area contributed by atoms with E-state index in [2.05, 4.69) is 30.5 Å². The molecular weight excluding hydrogens is 450 g/mol. The van der Waals surface area contributed by atoms with Gasteiger partial charge in [0.05, 0.1) is 32.5 Å². The quantitative estimate of drug-likeness (QED) is 0.153. The van der Waals surface area contributed by atoms with Crippen LogP contribution in [0, 0.1) is 0 Å². The van der Waals surface area contributed by atoms with Crippen molar-refractivity contribution in [1.29, 1.82) is 0 Å². The fourth-order valence-electron chi connectivity index (χ4n) is 3.79. The van der Waals surface area contributed by atoms with Gasteiger partial charge >= 0.3 is 0 Å². The second-order valence-corrected chi connectivity index (χ2v) is 9.95. The van der Waals surface area contributed by atoms with Crippen LogP contribution in [0.1, 0.15) is 25.0 Å². The van der Waals surface area contributed by atoms with E-state index in [0.717, 1.165) is 11.1 Å². The lowest BCUT2D eigenvalue weighted by Crippen LogP contribution is -2.59. The van der Waals surface area contributed by atoms with Crippen LogP contribution in [-0.2, 0) is 32.2 Å². The minimum Gasteiger partial charge on any atom is -0.374 e. The predicted octanol–water partition coefficient (Wildman–Crippen LogP) is 5.91. The van der Waals surface area contributed by atoms with Crippen LogP contribution in [0.4, 0.5) is 0 Å². The van der Waals surface area contributed by atoms with Gasteiger partial charge in [-0.15, -0.1) is 18.3 Å². The van der Waals surface area contributed by atoms with Gasteiger partial charge in [0.15, 0.2) is 0 Å². The molecule has 1 aliphatic rings. The van der Waals surface area contributed by atoms with Crippen molar-refractivity contribution in [2.24, 2.45) is 5.11 Å².